The number of nitrogens with zero attached hydrogens (tertiary/aromatic N) is 1. The molecule has 0 fully saturated rings. The van der Waals surface area contributed by atoms with E-state index in [1.54, 1.807) is 24.3 Å². The van der Waals surface area contributed by atoms with Crippen molar-refractivity contribution in [2.45, 2.75) is 5.88 Å². The van der Waals surface area contributed by atoms with Gasteiger partial charge in [-0.25, -0.2) is 4.39 Å². The lowest BCUT2D eigenvalue weighted by Gasteiger charge is -2.10. The summed E-state index contributed by atoms with van der Waals surface area (Å²) >= 11 is 8.97. The van der Waals surface area contributed by atoms with Crippen LogP contribution in [0.2, 0.25) is 0 Å². The molecular formula is C14H8BrClFNO. The molecule has 0 heterocycles. The van der Waals surface area contributed by atoms with Gasteiger partial charge in [-0.2, -0.15) is 5.26 Å². The quantitative estimate of drug-likeness (QED) is 0.737. The zero-order valence-electron chi connectivity index (χ0n) is 9.66. The third-order valence-electron chi connectivity index (χ3n) is 2.43. The van der Waals surface area contributed by atoms with Crippen molar-refractivity contribution in [2.75, 3.05) is 0 Å². The first-order valence-corrected chi connectivity index (χ1v) is 6.68. The van der Waals surface area contributed by atoms with E-state index >= 15 is 0 Å². The topological polar surface area (TPSA) is 33.0 Å². The van der Waals surface area contributed by atoms with Crippen molar-refractivity contribution in [1.29, 1.82) is 5.26 Å². The second-order valence-electron chi connectivity index (χ2n) is 3.75. The summed E-state index contributed by atoms with van der Waals surface area (Å²) in [4.78, 5) is 0. The monoisotopic (exact) mass is 339 g/mol. The largest absolute Gasteiger partial charge is 0.455 e. The van der Waals surface area contributed by atoms with E-state index in [0.29, 0.717) is 27.4 Å². The Balaban J connectivity index is 2.38. The molecule has 0 saturated heterocycles. The van der Waals surface area contributed by atoms with E-state index in [2.05, 4.69) is 15.9 Å². The van der Waals surface area contributed by atoms with Gasteiger partial charge < -0.3 is 4.74 Å². The second kappa shape index (κ2) is 6.05. The first kappa shape index (κ1) is 13.9. The molecule has 2 rings (SSSR count). The Morgan fingerprint density at radius 3 is 2.68 bits per heavy atom. The van der Waals surface area contributed by atoms with Gasteiger partial charge in [0.15, 0.2) is 0 Å². The number of nitriles is 1. The summed E-state index contributed by atoms with van der Waals surface area (Å²) in [5.41, 5.74) is 1.18. The number of hydrogen-bond donors (Lipinski definition) is 0. The van der Waals surface area contributed by atoms with Gasteiger partial charge >= 0.3 is 0 Å². The molecule has 0 amide bonds. The van der Waals surface area contributed by atoms with Crippen LogP contribution in [-0.4, -0.2) is 0 Å². The normalized spacial score (nSPS) is 10.0. The van der Waals surface area contributed by atoms with Crippen molar-refractivity contribution in [3.63, 3.8) is 0 Å². The molecule has 0 aliphatic heterocycles. The van der Waals surface area contributed by atoms with E-state index in [1.165, 1.54) is 12.1 Å². The molecular weight excluding hydrogens is 333 g/mol. The number of rotatable bonds is 3. The van der Waals surface area contributed by atoms with Gasteiger partial charge in [0.2, 0.25) is 0 Å². The fourth-order valence-corrected chi connectivity index (χ4v) is 2.00. The Bertz CT molecular complexity index is 654. The molecule has 19 heavy (non-hydrogen) atoms. The van der Waals surface area contributed by atoms with Crippen LogP contribution in [0, 0.1) is 17.1 Å². The van der Waals surface area contributed by atoms with Gasteiger partial charge in [-0.15, -0.1) is 11.6 Å². The third-order valence-corrected chi connectivity index (χ3v) is 3.40. The Hall–Kier alpha value is -1.57. The van der Waals surface area contributed by atoms with Crippen molar-refractivity contribution in [1.82, 2.24) is 0 Å². The van der Waals surface area contributed by atoms with Crippen LogP contribution < -0.4 is 4.74 Å². The van der Waals surface area contributed by atoms with Crippen molar-refractivity contribution in [3.05, 3.63) is 57.8 Å². The molecule has 2 nitrogen and oxygen atoms in total. The van der Waals surface area contributed by atoms with Crippen LogP contribution in [0.5, 0.6) is 11.5 Å². The minimum atomic E-state index is -0.408. The highest BCUT2D eigenvalue weighted by molar-refractivity contribution is 9.10. The van der Waals surface area contributed by atoms with Crippen LogP contribution in [0.3, 0.4) is 0 Å². The summed E-state index contributed by atoms with van der Waals surface area (Å²) in [6.07, 6.45) is 0. The molecule has 0 radical (unpaired) electrons. The van der Waals surface area contributed by atoms with Crippen LogP contribution >= 0.6 is 27.5 Å². The smallest absolute Gasteiger partial charge is 0.145 e. The zero-order valence-corrected chi connectivity index (χ0v) is 12.0. The predicted octanol–water partition coefficient (Wildman–Crippen LogP) is 4.99. The summed E-state index contributed by atoms with van der Waals surface area (Å²) in [6.45, 7) is 0. The lowest BCUT2D eigenvalue weighted by molar-refractivity contribution is 0.472. The van der Waals surface area contributed by atoms with Crippen molar-refractivity contribution in [2.24, 2.45) is 0 Å². The Morgan fingerprint density at radius 1 is 1.21 bits per heavy atom. The lowest BCUT2D eigenvalue weighted by atomic mass is 10.1. The van der Waals surface area contributed by atoms with Crippen molar-refractivity contribution in [3.8, 4) is 17.6 Å². The minimum absolute atomic E-state index is 0.315. The van der Waals surface area contributed by atoms with Crippen LogP contribution in [0.25, 0.3) is 0 Å². The fourth-order valence-electron chi connectivity index (χ4n) is 1.51. The number of hydrogen-bond acceptors (Lipinski definition) is 2. The summed E-state index contributed by atoms with van der Waals surface area (Å²) in [5.74, 6) is 0.588. The highest BCUT2D eigenvalue weighted by Crippen LogP contribution is 2.32. The van der Waals surface area contributed by atoms with Gasteiger partial charge in [-0.3, -0.25) is 0 Å². The number of halogens is 3. The van der Waals surface area contributed by atoms with Crippen LogP contribution in [-0.2, 0) is 5.88 Å². The maximum atomic E-state index is 13.2. The number of alkyl halides is 1. The van der Waals surface area contributed by atoms with Crippen LogP contribution in [0.15, 0.2) is 40.9 Å². The third kappa shape index (κ3) is 3.25. The number of benzene rings is 2. The molecule has 2 aromatic carbocycles. The lowest BCUT2D eigenvalue weighted by Crippen LogP contribution is -1.91. The minimum Gasteiger partial charge on any atom is -0.455 e. The van der Waals surface area contributed by atoms with Crippen molar-refractivity contribution < 1.29 is 9.13 Å². The van der Waals surface area contributed by atoms with Crippen LogP contribution in [0.1, 0.15) is 11.1 Å². The van der Waals surface area contributed by atoms with Gasteiger partial charge in [0.05, 0.1) is 10.0 Å². The molecule has 0 saturated carbocycles. The van der Waals surface area contributed by atoms with E-state index < -0.39 is 5.82 Å². The first-order chi connectivity index (χ1) is 9.13. The SMILES string of the molecule is N#Cc1cc(CCl)ccc1Oc1cc(F)ccc1Br. The molecule has 5 heteroatoms. The van der Waals surface area contributed by atoms with E-state index in [1.807, 2.05) is 6.07 Å². The molecule has 96 valence electrons. The second-order valence-corrected chi connectivity index (χ2v) is 4.87. The molecule has 0 aliphatic carbocycles. The summed E-state index contributed by atoms with van der Waals surface area (Å²) in [5, 5.41) is 9.08. The van der Waals surface area contributed by atoms with Gasteiger partial charge in [-0.05, 0) is 45.8 Å². The van der Waals surface area contributed by atoms with Gasteiger partial charge in [0.1, 0.15) is 23.4 Å². The fraction of sp³-hybridized carbons (Fsp3) is 0.0714. The molecule has 0 unspecified atom stereocenters. The summed E-state index contributed by atoms with van der Waals surface area (Å²) in [7, 11) is 0. The van der Waals surface area contributed by atoms with Crippen molar-refractivity contribution >= 4 is 27.5 Å². The van der Waals surface area contributed by atoms with E-state index in [-0.39, 0.29) is 0 Å². The molecule has 0 bridgehead atoms. The Kier molecular flexibility index (Phi) is 4.41. The maximum Gasteiger partial charge on any atom is 0.145 e. The molecule has 0 aliphatic rings. The van der Waals surface area contributed by atoms with Gasteiger partial charge in [-0.1, -0.05) is 6.07 Å². The molecule has 0 aromatic heterocycles. The highest BCUT2D eigenvalue weighted by Gasteiger charge is 2.09. The Labute approximate surface area is 123 Å². The molecule has 0 atom stereocenters. The molecule has 0 spiro atoms. The molecule has 0 N–H and O–H groups in total. The summed E-state index contributed by atoms with van der Waals surface area (Å²) < 4.78 is 19.3. The average molecular weight is 341 g/mol. The maximum absolute atomic E-state index is 13.2. The summed E-state index contributed by atoms with van der Waals surface area (Å²) in [6, 6.07) is 11.2. The van der Waals surface area contributed by atoms with E-state index in [9.17, 15) is 4.39 Å². The van der Waals surface area contributed by atoms with Gasteiger partial charge in [0, 0.05) is 11.9 Å². The standard InChI is InChI=1S/C14H8BrClFNO/c15-12-3-2-11(17)6-14(12)19-13-4-1-9(7-16)5-10(13)8-18/h1-6H,7H2. The average Bonchev–Trinajstić information content (AvgIpc) is 2.43. The Morgan fingerprint density at radius 2 is 2.00 bits per heavy atom. The molecule has 2 aromatic rings. The first-order valence-electron chi connectivity index (χ1n) is 5.36. The predicted molar refractivity (Wildman–Crippen MR) is 74.9 cm³/mol. The zero-order chi connectivity index (χ0) is 13.8. The van der Waals surface area contributed by atoms with Crippen LogP contribution in [0.4, 0.5) is 4.39 Å². The van der Waals surface area contributed by atoms with E-state index in [0.717, 1.165) is 5.56 Å². The van der Waals surface area contributed by atoms with Gasteiger partial charge in [0.25, 0.3) is 0 Å². The highest BCUT2D eigenvalue weighted by atomic mass is 79.9. The number of ether oxygens (including phenoxy) is 1. The van der Waals surface area contributed by atoms with E-state index in [4.69, 9.17) is 21.6 Å².